The first-order valence-electron chi connectivity index (χ1n) is 9.84. The van der Waals surface area contributed by atoms with E-state index in [2.05, 4.69) is 33.5 Å². The Morgan fingerprint density at radius 3 is 2.70 bits per heavy atom. The molecule has 30 heavy (non-hydrogen) atoms. The van der Waals surface area contributed by atoms with Crippen LogP contribution in [0.4, 0.5) is 11.6 Å². The molecule has 1 atom stereocenters. The number of hydrogen-bond donors (Lipinski definition) is 2. The maximum Gasteiger partial charge on any atom is 0.227 e. The SMILES string of the molecule is CCOc1ccccc1-c1ccc(-c2ccnc(Nc3cccc(C(C)O)c3)n2)s1. The number of hydrogen-bond acceptors (Lipinski definition) is 6. The minimum atomic E-state index is -0.525. The van der Waals surface area contributed by atoms with E-state index in [1.54, 1.807) is 24.5 Å². The van der Waals surface area contributed by atoms with Crippen LogP contribution < -0.4 is 10.1 Å². The summed E-state index contributed by atoms with van der Waals surface area (Å²) in [5.74, 6) is 1.40. The first kappa shape index (κ1) is 20.1. The molecule has 4 aromatic rings. The lowest BCUT2D eigenvalue weighted by Crippen LogP contribution is -1.99. The van der Waals surface area contributed by atoms with Gasteiger partial charge in [-0.1, -0.05) is 24.3 Å². The zero-order chi connectivity index (χ0) is 20.9. The number of ether oxygens (including phenoxy) is 1. The summed E-state index contributed by atoms with van der Waals surface area (Å²) < 4.78 is 5.77. The minimum Gasteiger partial charge on any atom is -0.493 e. The number of benzene rings is 2. The van der Waals surface area contributed by atoms with E-state index in [1.165, 1.54) is 0 Å². The van der Waals surface area contributed by atoms with Gasteiger partial charge in [-0.15, -0.1) is 11.3 Å². The molecule has 2 heterocycles. The molecule has 0 bridgehead atoms. The van der Waals surface area contributed by atoms with E-state index in [-0.39, 0.29) is 0 Å². The molecule has 0 radical (unpaired) electrons. The molecule has 2 N–H and O–H groups in total. The molecule has 0 fully saturated rings. The van der Waals surface area contributed by atoms with Crippen LogP contribution in [0.15, 0.2) is 72.9 Å². The van der Waals surface area contributed by atoms with Crippen LogP contribution in [0.3, 0.4) is 0 Å². The van der Waals surface area contributed by atoms with E-state index < -0.39 is 6.10 Å². The van der Waals surface area contributed by atoms with Gasteiger partial charge in [0.2, 0.25) is 5.95 Å². The Morgan fingerprint density at radius 2 is 1.87 bits per heavy atom. The van der Waals surface area contributed by atoms with Crippen LogP contribution in [-0.4, -0.2) is 21.7 Å². The molecule has 152 valence electrons. The molecule has 0 amide bonds. The monoisotopic (exact) mass is 417 g/mol. The van der Waals surface area contributed by atoms with E-state index >= 15 is 0 Å². The van der Waals surface area contributed by atoms with Crippen molar-refractivity contribution in [2.75, 3.05) is 11.9 Å². The highest BCUT2D eigenvalue weighted by atomic mass is 32.1. The van der Waals surface area contributed by atoms with Gasteiger partial charge >= 0.3 is 0 Å². The number of aromatic nitrogens is 2. The number of aliphatic hydroxyl groups is 1. The minimum absolute atomic E-state index is 0.514. The first-order valence-corrected chi connectivity index (χ1v) is 10.7. The molecule has 2 aromatic heterocycles. The molecular formula is C24H23N3O2S. The smallest absolute Gasteiger partial charge is 0.227 e. The highest BCUT2D eigenvalue weighted by Crippen LogP contribution is 2.38. The van der Waals surface area contributed by atoms with E-state index in [0.29, 0.717) is 12.6 Å². The van der Waals surface area contributed by atoms with E-state index in [0.717, 1.165) is 38.0 Å². The summed E-state index contributed by atoms with van der Waals surface area (Å²) in [5, 5.41) is 13.0. The van der Waals surface area contributed by atoms with Gasteiger partial charge in [-0.25, -0.2) is 9.97 Å². The average Bonchev–Trinajstić information content (AvgIpc) is 3.25. The zero-order valence-electron chi connectivity index (χ0n) is 16.9. The topological polar surface area (TPSA) is 67.3 Å². The zero-order valence-corrected chi connectivity index (χ0v) is 17.7. The van der Waals surface area contributed by atoms with Gasteiger partial charge in [0.05, 0.1) is 23.3 Å². The predicted octanol–water partition coefficient (Wildman–Crippen LogP) is 6.07. The number of para-hydroxylation sites is 1. The molecule has 0 spiro atoms. The second-order valence-electron chi connectivity index (χ2n) is 6.78. The van der Waals surface area contributed by atoms with Gasteiger partial charge in [0, 0.05) is 22.3 Å². The Hall–Kier alpha value is -3.22. The summed E-state index contributed by atoms with van der Waals surface area (Å²) >= 11 is 1.67. The molecule has 2 aromatic carbocycles. The van der Waals surface area contributed by atoms with Crippen molar-refractivity contribution in [3.05, 3.63) is 78.5 Å². The standard InChI is InChI=1S/C24H23N3O2S/c1-3-29-21-10-5-4-9-19(21)22-11-12-23(30-22)20-13-14-25-24(27-20)26-18-8-6-7-17(15-18)16(2)28/h4-16,28H,3H2,1-2H3,(H,25,26,27). The van der Waals surface area contributed by atoms with Crippen LogP contribution in [0.1, 0.15) is 25.5 Å². The largest absolute Gasteiger partial charge is 0.493 e. The molecule has 0 saturated heterocycles. The number of aliphatic hydroxyl groups excluding tert-OH is 1. The van der Waals surface area contributed by atoms with E-state index in [9.17, 15) is 5.11 Å². The van der Waals surface area contributed by atoms with Crippen molar-refractivity contribution in [3.8, 4) is 26.8 Å². The Bertz CT molecular complexity index is 1140. The molecule has 0 aliphatic carbocycles. The molecule has 6 heteroatoms. The van der Waals surface area contributed by atoms with Gasteiger partial charge in [0.15, 0.2) is 0 Å². The molecule has 0 aliphatic rings. The van der Waals surface area contributed by atoms with E-state index in [4.69, 9.17) is 4.74 Å². The summed E-state index contributed by atoms with van der Waals surface area (Å²) in [6, 6.07) is 21.8. The fourth-order valence-electron chi connectivity index (χ4n) is 3.13. The summed E-state index contributed by atoms with van der Waals surface area (Å²) in [5.41, 5.74) is 3.61. The van der Waals surface area contributed by atoms with Gasteiger partial charge in [-0.3, -0.25) is 0 Å². The van der Waals surface area contributed by atoms with Gasteiger partial charge in [0.25, 0.3) is 0 Å². The quantitative estimate of drug-likeness (QED) is 0.382. The van der Waals surface area contributed by atoms with Crippen LogP contribution in [0.2, 0.25) is 0 Å². The normalized spacial score (nSPS) is 11.8. The number of thiophene rings is 1. The second-order valence-corrected chi connectivity index (χ2v) is 7.87. The fourth-order valence-corrected chi connectivity index (χ4v) is 4.14. The van der Waals surface area contributed by atoms with Gasteiger partial charge in [-0.05, 0) is 61.9 Å². The third-order valence-electron chi connectivity index (χ3n) is 4.59. The first-order chi connectivity index (χ1) is 14.6. The van der Waals surface area contributed by atoms with Crippen molar-refractivity contribution in [3.63, 3.8) is 0 Å². The molecule has 0 saturated carbocycles. The van der Waals surface area contributed by atoms with Crippen LogP contribution in [0, 0.1) is 0 Å². The van der Waals surface area contributed by atoms with Gasteiger partial charge in [0.1, 0.15) is 5.75 Å². The predicted molar refractivity (Wildman–Crippen MR) is 122 cm³/mol. The third kappa shape index (κ3) is 4.50. The summed E-state index contributed by atoms with van der Waals surface area (Å²) in [7, 11) is 0. The number of nitrogens with zero attached hydrogens (tertiary/aromatic N) is 2. The van der Waals surface area contributed by atoms with Crippen LogP contribution in [0.5, 0.6) is 5.75 Å². The number of nitrogens with one attached hydrogen (secondary N) is 1. The molecule has 0 aliphatic heterocycles. The van der Waals surface area contributed by atoms with Crippen molar-refractivity contribution >= 4 is 23.0 Å². The van der Waals surface area contributed by atoms with Crippen LogP contribution >= 0.6 is 11.3 Å². The molecule has 4 rings (SSSR count). The maximum absolute atomic E-state index is 9.79. The summed E-state index contributed by atoms with van der Waals surface area (Å²) in [6.07, 6.45) is 1.22. The lowest BCUT2D eigenvalue weighted by molar-refractivity contribution is 0.199. The van der Waals surface area contributed by atoms with E-state index in [1.807, 2.05) is 55.5 Å². The average molecular weight is 418 g/mol. The highest BCUT2D eigenvalue weighted by Gasteiger charge is 2.11. The third-order valence-corrected chi connectivity index (χ3v) is 5.73. The second kappa shape index (κ2) is 9.07. The highest BCUT2D eigenvalue weighted by molar-refractivity contribution is 7.18. The molecule has 5 nitrogen and oxygen atoms in total. The maximum atomic E-state index is 9.79. The Labute approximate surface area is 180 Å². The Balaban J connectivity index is 1.59. The van der Waals surface area contributed by atoms with Crippen molar-refractivity contribution < 1.29 is 9.84 Å². The van der Waals surface area contributed by atoms with Crippen molar-refractivity contribution in [2.45, 2.75) is 20.0 Å². The van der Waals surface area contributed by atoms with Crippen LogP contribution in [-0.2, 0) is 0 Å². The van der Waals surface area contributed by atoms with Crippen molar-refractivity contribution in [1.29, 1.82) is 0 Å². The fraction of sp³-hybridized carbons (Fsp3) is 0.167. The lowest BCUT2D eigenvalue weighted by Gasteiger charge is -2.09. The number of anilines is 2. The van der Waals surface area contributed by atoms with Crippen molar-refractivity contribution in [2.24, 2.45) is 0 Å². The summed E-state index contributed by atoms with van der Waals surface area (Å²) in [4.78, 5) is 11.2. The lowest BCUT2D eigenvalue weighted by atomic mass is 10.1. The Morgan fingerprint density at radius 1 is 1.03 bits per heavy atom. The number of rotatable bonds is 7. The Kier molecular flexibility index (Phi) is 6.07. The van der Waals surface area contributed by atoms with Gasteiger partial charge in [-0.2, -0.15) is 0 Å². The van der Waals surface area contributed by atoms with Gasteiger partial charge < -0.3 is 15.2 Å². The van der Waals surface area contributed by atoms with Crippen molar-refractivity contribution in [1.82, 2.24) is 9.97 Å². The summed E-state index contributed by atoms with van der Waals surface area (Å²) in [6.45, 7) is 4.36. The molecule has 1 unspecified atom stereocenters. The molecular weight excluding hydrogens is 394 g/mol. The van der Waals surface area contributed by atoms with Crippen LogP contribution in [0.25, 0.3) is 21.0 Å².